The molecule has 0 N–H and O–H groups in total. The SMILES string of the molecule is Cc1ccc2c(c1)c1c(n2CC(c2ccncc2)S(C)(=O)=O)CCN(C)C1. The van der Waals surface area contributed by atoms with Gasteiger partial charge in [0.05, 0.1) is 0 Å². The minimum absolute atomic E-state index is 0.432. The maximum absolute atomic E-state index is 12.6. The van der Waals surface area contributed by atoms with Crippen LogP contribution in [0.15, 0.2) is 42.7 Å². The fourth-order valence-corrected chi connectivity index (χ4v) is 5.21. The predicted molar refractivity (Wildman–Crippen MR) is 109 cm³/mol. The molecule has 1 unspecified atom stereocenters. The monoisotopic (exact) mass is 383 g/mol. The van der Waals surface area contributed by atoms with Gasteiger partial charge in [0.25, 0.3) is 0 Å². The van der Waals surface area contributed by atoms with Gasteiger partial charge in [-0.25, -0.2) is 8.42 Å². The Bertz CT molecular complexity index is 1090. The number of aryl methyl sites for hydroxylation is 1. The zero-order valence-electron chi connectivity index (χ0n) is 16.0. The van der Waals surface area contributed by atoms with E-state index in [4.69, 9.17) is 0 Å². The molecule has 142 valence electrons. The van der Waals surface area contributed by atoms with Crippen molar-refractivity contribution >= 4 is 20.7 Å². The highest BCUT2D eigenvalue weighted by molar-refractivity contribution is 7.90. The molecule has 0 saturated heterocycles. The Morgan fingerprint density at radius 2 is 1.93 bits per heavy atom. The van der Waals surface area contributed by atoms with Crippen LogP contribution in [0.5, 0.6) is 0 Å². The first-order valence-electron chi connectivity index (χ1n) is 9.22. The largest absolute Gasteiger partial charge is 0.343 e. The molecule has 0 bridgehead atoms. The summed E-state index contributed by atoms with van der Waals surface area (Å²) in [5.74, 6) is 0. The van der Waals surface area contributed by atoms with Crippen molar-refractivity contribution < 1.29 is 8.42 Å². The fourth-order valence-electron chi connectivity index (χ4n) is 4.14. The summed E-state index contributed by atoms with van der Waals surface area (Å²) in [4.78, 5) is 6.36. The smallest absolute Gasteiger partial charge is 0.156 e. The minimum Gasteiger partial charge on any atom is -0.343 e. The Balaban J connectivity index is 1.88. The number of aromatic nitrogens is 2. The van der Waals surface area contributed by atoms with Gasteiger partial charge in [0, 0.05) is 61.3 Å². The predicted octanol–water partition coefficient (Wildman–Crippen LogP) is 3.12. The molecule has 0 amide bonds. The lowest BCUT2D eigenvalue weighted by atomic mass is 10.0. The number of nitrogens with zero attached hydrogens (tertiary/aromatic N) is 3. The van der Waals surface area contributed by atoms with Crippen LogP contribution in [-0.2, 0) is 29.3 Å². The highest BCUT2D eigenvalue weighted by Gasteiger charge is 2.28. The van der Waals surface area contributed by atoms with Gasteiger partial charge in [-0.05, 0) is 49.4 Å². The molecule has 1 atom stereocenters. The van der Waals surface area contributed by atoms with Crippen molar-refractivity contribution in [2.45, 2.75) is 31.7 Å². The first-order valence-corrected chi connectivity index (χ1v) is 11.2. The molecule has 0 spiro atoms. The van der Waals surface area contributed by atoms with Crippen molar-refractivity contribution in [3.63, 3.8) is 0 Å². The Labute approximate surface area is 160 Å². The maximum atomic E-state index is 12.6. The molecule has 6 heteroatoms. The molecule has 27 heavy (non-hydrogen) atoms. The van der Waals surface area contributed by atoms with Crippen molar-refractivity contribution in [2.24, 2.45) is 0 Å². The van der Waals surface area contributed by atoms with Gasteiger partial charge in [0.1, 0.15) is 5.25 Å². The van der Waals surface area contributed by atoms with Gasteiger partial charge in [0.15, 0.2) is 9.84 Å². The normalized spacial score (nSPS) is 16.4. The van der Waals surface area contributed by atoms with E-state index >= 15 is 0 Å². The molecule has 0 fully saturated rings. The summed E-state index contributed by atoms with van der Waals surface area (Å²) in [6, 6.07) is 10.1. The van der Waals surface area contributed by atoms with Crippen LogP contribution < -0.4 is 0 Å². The van der Waals surface area contributed by atoms with E-state index in [1.807, 2.05) is 12.1 Å². The standard InChI is InChI=1S/C21H25N3O2S/c1-15-4-5-19-17(12-15)18-13-23(2)11-8-20(18)24(19)14-21(27(3,25)26)16-6-9-22-10-7-16/h4-7,9-10,12,21H,8,11,13-14H2,1-3H3. The molecule has 0 radical (unpaired) electrons. The van der Waals surface area contributed by atoms with Gasteiger partial charge in [-0.2, -0.15) is 0 Å². The fraction of sp³-hybridized carbons (Fsp3) is 0.381. The van der Waals surface area contributed by atoms with Crippen LogP contribution in [0.2, 0.25) is 0 Å². The zero-order chi connectivity index (χ0) is 19.2. The first kappa shape index (κ1) is 18.2. The van der Waals surface area contributed by atoms with Crippen LogP contribution in [0.1, 0.15) is 27.6 Å². The number of hydrogen-bond acceptors (Lipinski definition) is 4. The number of likely N-dealkylation sites (N-methyl/N-ethyl adjacent to an activating group) is 1. The van der Waals surface area contributed by atoms with Crippen LogP contribution in [0.4, 0.5) is 0 Å². The number of pyridine rings is 1. The second-order valence-electron chi connectivity index (χ2n) is 7.64. The topological polar surface area (TPSA) is 55.2 Å². The molecule has 3 heterocycles. The number of hydrogen-bond donors (Lipinski definition) is 0. The first-order chi connectivity index (χ1) is 12.8. The van der Waals surface area contributed by atoms with Crippen LogP contribution in [-0.4, -0.2) is 42.7 Å². The van der Waals surface area contributed by atoms with Crippen molar-refractivity contribution in [1.29, 1.82) is 0 Å². The molecule has 1 aliphatic rings. The second-order valence-corrected chi connectivity index (χ2v) is 9.87. The van der Waals surface area contributed by atoms with Crippen molar-refractivity contribution in [1.82, 2.24) is 14.5 Å². The van der Waals surface area contributed by atoms with Gasteiger partial charge >= 0.3 is 0 Å². The lowest BCUT2D eigenvalue weighted by Gasteiger charge is -2.25. The molecule has 1 aliphatic heterocycles. The van der Waals surface area contributed by atoms with Gasteiger partial charge in [-0.15, -0.1) is 0 Å². The third-order valence-electron chi connectivity index (χ3n) is 5.54. The number of benzene rings is 1. The van der Waals surface area contributed by atoms with Crippen molar-refractivity contribution in [2.75, 3.05) is 19.8 Å². The molecule has 1 aromatic carbocycles. The van der Waals surface area contributed by atoms with E-state index < -0.39 is 15.1 Å². The number of fused-ring (bicyclic) bond motifs is 3. The van der Waals surface area contributed by atoms with E-state index in [0.717, 1.165) is 30.6 Å². The van der Waals surface area contributed by atoms with Gasteiger partial charge in [-0.1, -0.05) is 11.6 Å². The Kier molecular flexibility index (Phi) is 4.56. The zero-order valence-corrected chi connectivity index (χ0v) is 16.8. The van der Waals surface area contributed by atoms with Crippen LogP contribution >= 0.6 is 0 Å². The van der Waals surface area contributed by atoms with Gasteiger partial charge in [0.2, 0.25) is 0 Å². The van der Waals surface area contributed by atoms with E-state index in [1.165, 1.54) is 28.5 Å². The van der Waals surface area contributed by atoms with E-state index in [1.54, 1.807) is 12.4 Å². The Morgan fingerprint density at radius 3 is 2.63 bits per heavy atom. The van der Waals surface area contributed by atoms with E-state index in [0.29, 0.717) is 6.54 Å². The van der Waals surface area contributed by atoms with E-state index in [2.05, 4.69) is 46.6 Å². The van der Waals surface area contributed by atoms with E-state index in [9.17, 15) is 8.42 Å². The summed E-state index contributed by atoms with van der Waals surface area (Å²) >= 11 is 0. The number of rotatable bonds is 4. The molecular formula is C21H25N3O2S. The molecule has 0 saturated carbocycles. The highest BCUT2D eigenvalue weighted by Crippen LogP contribution is 2.34. The number of sulfone groups is 1. The lowest BCUT2D eigenvalue weighted by molar-refractivity contribution is 0.309. The quantitative estimate of drug-likeness (QED) is 0.695. The summed E-state index contributed by atoms with van der Waals surface area (Å²) in [5.41, 5.74) is 5.76. The van der Waals surface area contributed by atoms with E-state index in [-0.39, 0.29) is 0 Å². The summed E-state index contributed by atoms with van der Waals surface area (Å²) in [5, 5.41) is 0.666. The summed E-state index contributed by atoms with van der Waals surface area (Å²) in [6.07, 6.45) is 5.59. The molecule has 5 nitrogen and oxygen atoms in total. The molecule has 4 rings (SSSR count). The molecule has 0 aliphatic carbocycles. The summed E-state index contributed by atoms with van der Waals surface area (Å²) in [6.45, 7) is 4.43. The molecule has 2 aromatic heterocycles. The van der Waals surface area contributed by atoms with Crippen LogP contribution in [0.25, 0.3) is 10.9 Å². The highest BCUT2D eigenvalue weighted by atomic mass is 32.2. The average molecular weight is 384 g/mol. The summed E-state index contributed by atoms with van der Waals surface area (Å²) in [7, 11) is -1.13. The van der Waals surface area contributed by atoms with Crippen LogP contribution in [0.3, 0.4) is 0 Å². The Morgan fingerprint density at radius 1 is 1.19 bits per heavy atom. The Hall–Kier alpha value is -2.18. The van der Waals surface area contributed by atoms with Crippen LogP contribution in [0, 0.1) is 6.92 Å². The van der Waals surface area contributed by atoms with Gasteiger partial charge in [-0.3, -0.25) is 4.98 Å². The molecular weight excluding hydrogens is 358 g/mol. The lowest BCUT2D eigenvalue weighted by Crippen LogP contribution is -2.28. The minimum atomic E-state index is -3.27. The average Bonchev–Trinajstić information content (AvgIpc) is 2.91. The third kappa shape index (κ3) is 3.39. The maximum Gasteiger partial charge on any atom is 0.156 e. The van der Waals surface area contributed by atoms with Gasteiger partial charge < -0.3 is 9.47 Å². The summed E-state index contributed by atoms with van der Waals surface area (Å²) < 4.78 is 27.5. The van der Waals surface area contributed by atoms with Crippen molar-refractivity contribution in [3.05, 3.63) is 65.1 Å². The third-order valence-corrected chi connectivity index (χ3v) is 7.00. The second kappa shape index (κ2) is 6.77. The van der Waals surface area contributed by atoms with Crippen molar-refractivity contribution in [3.8, 4) is 0 Å². The molecule has 3 aromatic rings.